The van der Waals surface area contributed by atoms with Gasteiger partial charge in [-0.15, -0.1) is 22.7 Å². The minimum Gasteiger partial charge on any atom is -0.350 e. The molecule has 1 fully saturated rings. The summed E-state index contributed by atoms with van der Waals surface area (Å²) in [5.74, 6) is -1.91. The molecule has 0 aliphatic carbocycles. The normalized spacial score (nSPS) is 20.1. The number of anilines is 1. The van der Waals surface area contributed by atoms with Crippen LogP contribution in [0.3, 0.4) is 0 Å². The van der Waals surface area contributed by atoms with Crippen LogP contribution < -0.4 is 15.4 Å². The van der Waals surface area contributed by atoms with Gasteiger partial charge in [0.15, 0.2) is 0 Å². The molecule has 2 amide bonds. The van der Waals surface area contributed by atoms with Gasteiger partial charge < -0.3 is 10.6 Å². The highest BCUT2D eigenvalue weighted by molar-refractivity contribution is 7.87. The standard InChI is InChI=1S/C19H18ClFN6O4S3/c1-27-16(18(29)25-10-2-3-13(21)12(20)4-10)5-14(26-34(27,30)31)17(28)22-6-11-7-23-19(33-11)15-8-32-9-24-15/h2-4,7-9,14,16,26H,5-6H2,1H3,(H,22,28)(H,25,29). The Balaban J connectivity index is 1.42. The van der Waals surface area contributed by atoms with Gasteiger partial charge in [0.2, 0.25) is 11.8 Å². The van der Waals surface area contributed by atoms with Crippen LogP contribution in [0.15, 0.2) is 35.3 Å². The van der Waals surface area contributed by atoms with Crippen molar-refractivity contribution in [3.63, 3.8) is 0 Å². The lowest BCUT2D eigenvalue weighted by Gasteiger charge is -2.35. The summed E-state index contributed by atoms with van der Waals surface area (Å²) in [7, 11) is -2.87. The molecule has 0 saturated carbocycles. The quantitative estimate of drug-likeness (QED) is 0.436. The summed E-state index contributed by atoms with van der Waals surface area (Å²) < 4.78 is 41.6. The molecule has 1 aliphatic heterocycles. The molecule has 1 saturated heterocycles. The van der Waals surface area contributed by atoms with Crippen LogP contribution >= 0.6 is 34.3 Å². The zero-order valence-corrected chi connectivity index (χ0v) is 20.7. The lowest BCUT2D eigenvalue weighted by Crippen LogP contribution is -2.62. The van der Waals surface area contributed by atoms with Crippen LogP contribution in [0.2, 0.25) is 5.02 Å². The molecule has 2 atom stereocenters. The molecule has 15 heteroatoms. The summed E-state index contributed by atoms with van der Waals surface area (Å²) in [6, 6.07) is 1.25. The number of likely N-dealkylation sites (N-methyl/N-ethyl adjacent to an activating group) is 1. The average Bonchev–Trinajstić information content (AvgIpc) is 3.48. The number of halogens is 2. The Morgan fingerprint density at radius 1 is 1.32 bits per heavy atom. The van der Waals surface area contributed by atoms with Crippen LogP contribution in [0.5, 0.6) is 0 Å². The van der Waals surface area contributed by atoms with E-state index in [0.717, 1.165) is 20.9 Å². The number of amides is 2. The Hall–Kier alpha value is -2.49. The van der Waals surface area contributed by atoms with E-state index in [1.165, 1.54) is 41.9 Å². The van der Waals surface area contributed by atoms with Crippen LogP contribution in [-0.2, 0) is 26.3 Å². The highest BCUT2D eigenvalue weighted by atomic mass is 35.5. The van der Waals surface area contributed by atoms with Gasteiger partial charge in [-0.05, 0) is 24.6 Å². The lowest BCUT2D eigenvalue weighted by atomic mass is 10.1. The molecule has 34 heavy (non-hydrogen) atoms. The zero-order chi connectivity index (χ0) is 24.5. The number of rotatable bonds is 6. The van der Waals surface area contributed by atoms with Crippen molar-refractivity contribution >= 4 is 62.0 Å². The fraction of sp³-hybridized carbons (Fsp3) is 0.263. The largest absolute Gasteiger partial charge is 0.350 e. The molecule has 0 bridgehead atoms. The summed E-state index contributed by atoms with van der Waals surface area (Å²) in [6.45, 7) is 0.139. The number of aromatic nitrogens is 2. The summed E-state index contributed by atoms with van der Waals surface area (Å²) in [6.07, 6.45) is 1.50. The minimum atomic E-state index is -4.11. The zero-order valence-electron chi connectivity index (χ0n) is 17.5. The molecule has 0 radical (unpaired) electrons. The molecule has 180 valence electrons. The highest BCUT2D eigenvalue weighted by Gasteiger charge is 2.42. The van der Waals surface area contributed by atoms with Crippen LogP contribution in [0, 0.1) is 5.82 Å². The second-order valence-corrected chi connectivity index (χ2v) is 11.3. The number of benzene rings is 1. The predicted octanol–water partition coefficient (Wildman–Crippen LogP) is 2.22. The first-order chi connectivity index (χ1) is 16.1. The van der Waals surface area contributed by atoms with Crippen LogP contribution in [0.25, 0.3) is 10.7 Å². The molecule has 2 aromatic heterocycles. The van der Waals surface area contributed by atoms with E-state index in [2.05, 4.69) is 25.3 Å². The Kier molecular flexibility index (Phi) is 7.25. The smallest absolute Gasteiger partial charge is 0.280 e. The lowest BCUT2D eigenvalue weighted by molar-refractivity contribution is -0.124. The van der Waals surface area contributed by atoms with E-state index in [1.54, 1.807) is 11.7 Å². The van der Waals surface area contributed by atoms with Crippen molar-refractivity contribution in [1.82, 2.24) is 24.3 Å². The SMILES string of the molecule is CN1C(C(=O)Nc2ccc(F)c(Cl)c2)CC(C(=O)NCc2cnc(-c3cscn3)s2)NS1(=O)=O. The van der Waals surface area contributed by atoms with Crippen molar-refractivity contribution in [2.45, 2.75) is 25.0 Å². The molecule has 4 rings (SSSR count). The molecule has 10 nitrogen and oxygen atoms in total. The van der Waals surface area contributed by atoms with Gasteiger partial charge in [0.25, 0.3) is 10.2 Å². The molecule has 3 aromatic rings. The molecule has 1 aromatic carbocycles. The van der Waals surface area contributed by atoms with Gasteiger partial charge in [0.1, 0.15) is 28.6 Å². The fourth-order valence-electron chi connectivity index (χ4n) is 3.21. The molecule has 1 aliphatic rings. The molecule has 2 unspecified atom stereocenters. The third-order valence-corrected chi connectivity index (χ3v) is 8.51. The molecular weight excluding hydrogens is 527 g/mol. The van der Waals surface area contributed by atoms with E-state index in [1.807, 2.05) is 5.38 Å². The van der Waals surface area contributed by atoms with Crippen LogP contribution in [0.1, 0.15) is 11.3 Å². The Bertz CT molecular complexity index is 1320. The maximum Gasteiger partial charge on any atom is 0.280 e. The van der Waals surface area contributed by atoms with Crippen molar-refractivity contribution < 1.29 is 22.4 Å². The minimum absolute atomic E-state index is 0.116. The van der Waals surface area contributed by atoms with Crippen molar-refractivity contribution in [2.75, 3.05) is 12.4 Å². The van der Waals surface area contributed by atoms with E-state index in [-0.39, 0.29) is 23.7 Å². The van der Waals surface area contributed by atoms with Crippen LogP contribution in [-0.4, -0.2) is 53.6 Å². The van der Waals surface area contributed by atoms with E-state index in [4.69, 9.17) is 11.6 Å². The summed E-state index contributed by atoms with van der Waals surface area (Å²) in [4.78, 5) is 34.8. The Morgan fingerprint density at radius 2 is 2.12 bits per heavy atom. The summed E-state index contributed by atoms with van der Waals surface area (Å²) in [5, 5.41) is 7.57. The first-order valence-corrected chi connectivity index (χ1v) is 13.3. The van der Waals surface area contributed by atoms with E-state index in [9.17, 15) is 22.4 Å². The number of nitrogens with zero attached hydrogens (tertiary/aromatic N) is 3. The van der Waals surface area contributed by atoms with Crippen LogP contribution in [0.4, 0.5) is 10.1 Å². The maximum atomic E-state index is 13.4. The van der Waals surface area contributed by atoms with Gasteiger partial charge in [-0.2, -0.15) is 17.4 Å². The maximum absolute atomic E-state index is 13.4. The molecule has 3 heterocycles. The fourth-order valence-corrected chi connectivity index (χ4v) is 6.06. The van der Waals surface area contributed by atoms with E-state index < -0.39 is 39.9 Å². The third-order valence-electron chi connectivity index (χ3n) is 5.02. The van der Waals surface area contributed by atoms with Crippen molar-refractivity contribution in [3.05, 3.63) is 51.0 Å². The molecule has 3 N–H and O–H groups in total. The molecule has 0 spiro atoms. The second-order valence-electron chi connectivity index (χ2n) is 7.28. The van der Waals surface area contributed by atoms with Gasteiger partial charge in [-0.1, -0.05) is 11.6 Å². The number of nitrogens with one attached hydrogen (secondary N) is 3. The van der Waals surface area contributed by atoms with Gasteiger partial charge in [-0.3, -0.25) is 9.59 Å². The number of carbonyl (C=O) groups is 2. The third kappa shape index (κ3) is 5.42. The van der Waals surface area contributed by atoms with E-state index in [0.29, 0.717) is 5.01 Å². The van der Waals surface area contributed by atoms with Crippen molar-refractivity contribution in [1.29, 1.82) is 0 Å². The second kappa shape index (κ2) is 10.0. The highest BCUT2D eigenvalue weighted by Crippen LogP contribution is 2.25. The first-order valence-electron chi connectivity index (χ1n) is 9.76. The monoisotopic (exact) mass is 544 g/mol. The van der Waals surface area contributed by atoms with Gasteiger partial charge >= 0.3 is 0 Å². The number of hydrogen-bond donors (Lipinski definition) is 3. The van der Waals surface area contributed by atoms with Gasteiger partial charge in [-0.25, -0.2) is 14.4 Å². The first kappa shape index (κ1) is 24.6. The topological polar surface area (TPSA) is 133 Å². The van der Waals surface area contributed by atoms with Gasteiger partial charge in [0.05, 0.1) is 17.1 Å². The Labute approximate surface area is 207 Å². The van der Waals surface area contributed by atoms with Crippen molar-refractivity contribution in [2.24, 2.45) is 0 Å². The number of hydrogen-bond acceptors (Lipinski definition) is 8. The Morgan fingerprint density at radius 3 is 2.82 bits per heavy atom. The van der Waals surface area contributed by atoms with E-state index >= 15 is 0 Å². The van der Waals surface area contributed by atoms with Crippen molar-refractivity contribution in [3.8, 4) is 10.7 Å². The summed E-state index contributed by atoms with van der Waals surface area (Å²) >= 11 is 8.54. The van der Waals surface area contributed by atoms with Gasteiger partial charge in [0, 0.05) is 29.2 Å². The number of thiazole rings is 2. The summed E-state index contributed by atoms with van der Waals surface area (Å²) in [5.41, 5.74) is 2.64. The predicted molar refractivity (Wildman–Crippen MR) is 127 cm³/mol. The number of carbonyl (C=O) groups excluding carboxylic acids is 2. The molecular formula is C19H18ClFN6O4S3. The average molecular weight is 545 g/mol.